The number of rotatable bonds is 4. The van der Waals surface area contributed by atoms with Gasteiger partial charge in [0.25, 0.3) is 0 Å². The molecule has 0 aliphatic heterocycles. The van der Waals surface area contributed by atoms with Crippen molar-refractivity contribution in [2.75, 3.05) is 11.9 Å². The summed E-state index contributed by atoms with van der Waals surface area (Å²) >= 11 is 18.3. The fraction of sp³-hybridized carbons (Fsp3) is 0.100. The minimum Gasteiger partial charge on any atom is -0.355 e. The lowest BCUT2D eigenvalue weighted by molar-refractivity contribution is 0.758. The average Bonchev–Trinajstić information content (AvgIpc) is 2.91. The maximum absolute atomic E-state index is 6.23. The zero-order valence-corrected chi connectivity index (χ0v) is 16.0. The van der Waals surface area contributed by atoms with Crippen molar-refractivity contribution in [1.82, 2.24) is 4.57 Å². The maximum Gasteiger partial charge on any atom is 0.0612 e. The van der Waals surface area contributed by atoms with E-state index < -0.39 is 0 Å². The maximum atomic E-state index is 6.23. The number of benzene rings is 3. The van der Waals surface area contributed by atoms with Crippen molar-refractivity contribution >= 4 is 68.0 Å². The van der Waals surface area contributed by atoms with Gasteiger partial charge in [-0.2, -0.15) is 0 Å². The highest BCUT2D eigenvalue weighted by atomic mass is 35.5. The zero-order chi connectivity index (χ0) is 18.3. The summed E-state index contributed by atoms with van der Waals surface area (Å²) in [6.07, 6.45) is 0. The topological polar surface area (TPSA) is 43.0 Å². The van der Waals surface area contributed by atoms with Gasteiger partial charge in [0.15, 0.2) is 0 Å². The second-order valence-electron chi connectivity index (χ2n) is 6.09. The molecule has 0 aliphatic carbocycles. The van der Waals surface area contributed by atoms with Gasteiger partial charge in [0.2, 0.25) is 0 Å². The Labute approximate surface area is 166 Å². The molecular formula is C20H16Cl3N3. The Balaban J connectivity index is 1.84. The molecule has 0 fully saturated rings. The molecule has 3 N–H and O–H groups in total. The van der Waals surface area contributed by atoms with E-state index in [-0.39, 0.29) is 0 Å². The molecule has 0 saturated heterocycles. The van der Waals surface area contributed by atoms with Gasteiger partial charge in [0.05, 0.1) is 10.0 Å². The first-order valence-electron chi connectivity index (χ1n) is 8.20. The van der Waals surface area contributed by atoms with E-state index in [2.05, 4.69) is 22.0 Å². The molecule has 0 spiro atoms. The molecule has 4 aromatic rings. The minimum absolute atomic E-state index is 0.518. The van der Waals surface area contributed by atoms with Crippen molar-refractivity contribution in [2.45, 2.75) is 6.54 Å². The fourth-order valence-corrected chi connectivity index (χ4v) is 3.73. The SMILES string of the molecule is NCCn1c2ccc(Cl)cc2c2cc(Nc3ccc(Cl)c(Cl)c3)ccc21. The molecule has 0 atom stereocenters. The molecule has 0 amide bonds. The van der Waals surface area contributed by atoms with E-state index >= 15 is 0 Å². The smallest absolute Gasteiger partial charge is 0.0612 e. The number of nitrogens with zero attached hydrogens (tertiary/aromatic N) is 1. The molecule has 0 saturated carbocycles. The van der Waals surface area contributed by atoms with Crippen LogP contribution in [0.15, 0.2) is 54.6 Å². The van der Waals surface area contributed by atoms with Crippen LogP contribution in [0, 0.1) is 0 Å². The van der Waals surface area contributed by atoms with Crippen LogP contribution in [0.4, 0.5) is 11.4 Å². The number of nitrogens with two attached hydrogens (primary N) is 1. The number of anilines is 2. The quantitative estimate of drug-likeness (QED) is 0.410. The molecule has 26 heavy (non-hydrogen) atoms. The largest absolute Gasteiger partial charge is 0.355 e. The van der Waals surface area contributed by atoms with E-state index in [1.54, 1.807) is 6.07 Å². The summed E-state index contributed by atoms with van der Waals surface area (Å²) in [5.74, 6) is 0. The fourth-order valence-electron chi connectivity index (χ4n) is 3.26. The summed E-state index contributed by atoms with van der Waals surface area (Å²) in [6.45, 7) is 1.33. The summed E-state index contributed by atoms with van der Waals surface area (Å²) in [5, 5.41) is 7.38. The second-order valence-corrected chi connectivity index (χ2v) is 7.34. The summed E-state index contributed by atoms with van der Waals surface area (Å²) in [7, 11) is 0. The molecule has 0 radical (unpaired) electrons. The van der Waals surface area contributed by atoms with E-state index in [4.69, 9.17) is 40.5 Å². The Morgan fingerprint density at radius 2 is 1.42 bits per heavy atom. The first-order valence-corrected chi connectivity index (χ1v) is 9.34. The second kappa shape index (κ2) is 7.01. The van der Waals surface area contributed by atoms with Crippen LogP contribution >= 0.6 is 34.8 Å². The van der Waals surface area contributed by atoms with Crippen LogP contribution < -0.4 is 11.1 Å². The van der Waals surface area contributed by atoms with Gasteiger partial charge in [-0.15, -0.1) is 0 Å². The third kappa shape index (κ3) is 3.12. The monoisotopic (exact) mass is 403 g/mol. The Bertz CT molecular complexity index is 1120. The van der Waals surface area contributed by atoms with Gasteiger partial charge in [0.1, 0.15) is 0 Å². The van der Waals surface area contributed by atoms with Crippen molar-refractivity contribution in [3.63, 3.8) is 0 Å². The van der Waals surface area contributed by atoms with Gasteiger partial charge in [-0.25, -0.2) is 0 Å². The summed E-state index contributed by atoms with van der Waals surface area (Å²) in [4.78, 5) is 0. The molecule has 132 valence electrons. The van der Waals surface area contributed by atoms with Crippen molar-refractivity contribution < 1.29 is 0 Å². The molecule has 0 unspecified atom stereocenters. The van der Waals surface area contributed by atoms with Crippen molar-refractivity contribution in [3.05, 3.63) is 69.7 Å². The summed E-state index contributed by atoms with van der Waals surface area (Å²) in [5.41, 5.74) is 9.90. The van der Waals surface area contributed by atoms with Crippen molar-refractivity contribution in [1.29, 1.82) is 0 Å². The highest BCUT2D eigenvalue weighted by molar-refractivity contribution is 6.42. The molecule has 1 aromatic heterocycles. The first-order chi connectivity index (χ1) is 12.6. The Morgan fingerprint density at radius 1 is 0.769 bits per heavy atom. The van der Waals surface area contributed by atoms with Crippen LogP contribution in [0.3, 0.4) is 0 Å². The highest BCUT2D eigenvalue weighted by Gasteiger charge is 2.11. The third-order valence-corrected chi connectivity index (χ3v) is 5.36. The molecule has 0 aliphatic rings. The standard InChI is InChI=1S/C20H16Cl3N3/c21-12-1-5-19-15(9-12)16-10-13(3-6-20(16)26(19)8-7-24)25-14-2-4-17(22)18(23)11-14/h1-6,9-11,25H,7-8,24H2. The Hall–Kier alpha value is -1.91. The lowest BCUT2D eigenvalue weighted by atomic mass is 10.1. The molecule has 3 aromatic carbocycles. The number of hydrogen-bond donors (Lipinski definition) is 2. The van der Waals surface area contributed by atoms with Crippen LogP contribution in [0.5, 0.6) is 0 Å². The van der Waals surface area contributed by atoms with Crippen LogP contribution in [-0.2, 0) is 6.54 Å². The average molecular weight is 405 g/mol. The van der Waals surface area contributed by atoms with E-state index in [1.165, 1.54) is 0 Å². The highest BCUT2D eigenvalue weighted by Crippen LogP contribution is 2.34. The third-order valence-electron chi connectivity index (χ3n) is 4.39. The van der Waals surface area contributed by atoms with Gasteiger partial charge in [-0.3, -0.25) is 0 Å². The van der Waals surface area contributed by atoms with Crippen LogP contribution in [0.2, 0.25) is 15.1 Å². The normalized spacial score (nSPS) is 11.4. The predicted octanol–water partition coefficient (Wildman–Crippen LogP) is 6.46. The molecule has 0 bridgehead atoms. The number of aromatic nitrogens is 1. The molecular weight excluding hydrogens is 389 g/mol. The molecule has 1 heterocycles. The Morgan fingerprint density at radius 3 is 2.15 bits per heavy atom. The summed E-state index contributed by atoms with van der Waals surface area (Å²) < 4.78 is 2.23. The number of hydrogen-bond acceptors (Lipinski definition) is 2. The van der Waals surface area contributed by atoms with E-state index in [1.807, 2.05) is 36.4 Å². The van der Waals surface area contributed by atoms with Crippen LogP contribution in [-0.4, -0.2) is 11.1 Å². The lowest BCUT2D eigenvalue weighted by Crippen LogP contribution is -2.09. The lowest BCUT2D eigenvalue weighted by Gasteiger charge is -2.09. The predicted molar refractivity (Wildman–Crippen MR) is 113 cm³/mol. The van der Waals surface area contributed by atoms with Crippen molar-refractivity contribution in [3.8, 4) is 0 Å². The van der Waals surface area contributed by atoms with E-state index in [9.17, 15) is 0 Å². The van der Waals surface area contributed by atoms with E-state index in [0.29, 0.717) is 21.6 Å². The van der Waals surface area contributed by atoms with Crippen LogP contribution in [0.25, 0.3) is 21.8 Å². The van der Waals surface area contributed by atoms with Gasteiger partial charge < -0.3 is 15.6 Å². The number of halogens is 3. The molecule has 6 heteroatoms. The van der Waals surface area contributed by atoms with Crippen molar-refractivity contribution in [2.24, 2.45) is 5.73 Å². The minimum atomic E-state index is 0.518. The molecule has 3 nitrogen and oxygen atoms in total. The Kier molecular flexibility index (Phi) is 4.72. The first kappa shape index (κ1) is 17.5. The van der Waals surface area contributed by atoms with Gasteiger partial charge >= 0.3 is 0 Å². The van der Waals surface area contributed by atoms with Gasteiger partial charge in [-0.1, -0.05) is 34.8 Å². The number of nitrogens with one attached hydrogen (secondary N) is 1. The number of fused-ring (bicyclic) bond motifs is 3. The molecule has 4 rings (SSSR count). The van der Waals surface area contributed by atoms with Gasteiger partial charge in [0, 0.05) is 51.3 Å². The van der Waals surface area contributed by atoms with Gasteiger partial charge in [-0.05, 0) is 54.6 Å². The zero-order valence-electron chi connectivity index (χ0n) is 13.8. The van der Waals surface area contributed by atoms with Crippen LogP contribution in [0.1, 0.15) is 0 Å². The summed E-state index contributed by atoms with van der Waals surface area (Å²) in [6, 6.07) is 17.7. The van der Waals surface area contributed by atoms with E-state index in [0.717, 1.165) is 39.7 Å².